The number of benzene rings is 1. The first-order chi connectivity index (χ1) is 8.29. The second-order valence-corrected chi connectivity index (χ2v) is 4.50. The van der Waals surface area contributed by atoms with Crippen LogP contribution in [0.1, 0.15) is 18.9 Å². The summed E-state index contributed by atoms with van der Waals surface area (Å²) >= 11 is 0. The van der Waals surface area contributed by atoms with Gasteiger partial charge >= 0.3 is 0 Å². The van der Waals surface area contributed by atoms with Crippen molar-refractivity contribution in [3.8, 4) is 11.5 Å². The van der Waals surface area contributed by atoms with E-state index in [9.17, 15) is 0 Å². The summed E-state index contributed by atoms with van der Waals surface area (Å²) in [6, 6.07) is 6.06. The van der Waals surface area contributed by atoms with Gasteiger partial charge in [-0.25, -0.2) is 0 Å². The van der Waals surface area contributed by atoms with E-state index < -0.39 is 0 Å². The molecule has 1 aromatic carbocycles. The fraction of sp³-hybridized carbons (Fsp3) is 0.538. The number of hydrogen-bond donors (Lipinski definition) is 2. The first-order valence-electron chi connectivity index (χ1n) is 6.09. The highest BCUT2D eigenvalue weighted by Gasteiger charge is 2.12. The van der Waals surface area contributed by atoms with E-state index in [2.05, 4.69) is 18.3 Å². The van der Waals surface area contributed by atoms with Gasteiger partial charge in [-0.3, -0.25) is 0 Å². The number of nitrogens with two attached hydrogens (primary N) is 1. The van der Waals surface area contributed by atoms with E-state index in [1.165, 1.54) is 5.56 Å². The average Bonchev–Trinajstić information content (AvgIpc) is 2.76. The maximum absolute atomic E-state index is 5.52. The lowest BCUT2D eigenvalue weighted by atomic mass is 10.1. The number of ether oxygens (including phenoxy) is 2. The molecule has 94 valence electrons. The Kier molecular flexibility index (Phi) is 4.23. The molecule has 0 aliphatic carbocycles. The molecule has 0 bridgehead atoms. The van der Waals surface area contributed by atoms with Crippen molar-refractivity contribution in [1.82, 2.24) is 5.32 Å². The van der Waals surface area contributed by atoms with Gasteiger partial charge in [-0.1, -0.05) is 13.0 Å². The van der Waals surface area contributed by atoms with Gasteiger partial charge in [0.2, 0.25) is 6.79 Å². The van der Waals surface area contributed by atoms with E-state index in [0.717, 1.165) is 37.6 Å². The molecule has 17 heavy (non-hydrogen) atoms. The largest absolute Gasteiger partial charge is 0.454 e. The summed E-state index contributed by atoms with van der Waals surface area (Å²) in [6.07, 6.45) is 1.06. The van der Waals surface area contributed by atoms with Crippen molar-refractivity contribution in [2.24, 2.45) is 11.7 Å². The van der Waals surface area contributed by atoms with Gasteiger partial charge in [0, 0.05) is 6.54 Å². The third-order valence-corrected chi connectivity index (χ3v) is 2.92. The molecular weight excluding hydrogens is 216 g/mol. The minimum absolute atomic E-state index is 0.333. The van der Waals surface area contributed by atoms with Crippen molar-refractivity contribution in [3.05, 3.63) is 23.8 Å². The second-order valence-electron chi connectivity index (χ2n) is 4.50. The van der Waals surface area contributed by atoms with Crippen LogP contribution in [0.25, 0.3) is 0 Å². The molecule has 1 aliphatic rings. The zero-order valence-corrected chi connectivity index (χ0v) is 10.2. The van der Waals surface area contributed by atoms with E-state index in [1.807, 2.05) is 12.1 Å². The van der Waals surface area contributed by atoms with Crippen molar-refractivity contribution in [2.45, 2.75) is 19.9 Å². The van der Waals surface area contributed by atoms with Crippen molar-refractivity contribution >= 4 is 0 Å². The summed E-state index contributed by atoms with van der Waals surface area (Å²) in [6.45, 7) is 5.14. The zero-order chi connectivity index (χ0) is 12.1. The van der Waals surface area contributed by atoms with Gasteiger partial charge in [0.05, 0.1) is 0 Å². The van der Waals surface area contributed by atoms with Gasteiger partial charge in [-0.05, 0) is 43.1 Å². The van der Waals surface area contributed by atoms with Crippen LogP contribution in [-0.4, -0.2) is 19.9 Å². The summed E-state index contributed by atoms with van der Waals surface area (Å²) < 4.78 is 10.6. The van der Waals surface area contributed by atoms with Crippen molar-refractivity contribution in [1.29, 1.82) is 0 Å². The van der Waals surface area contributed by atoms with Gasteiger partial charge in [0.1, 0.15) is 0 Å². The Hall–Kier alpha value is -1.26. The van der Waals surface area contributed by atoms with E-state index in [-0.39, 0.29) is 0 Å². The minimum atomic E-state index is 0.333. The number of nitrogens with one attached hydrogen (secondary N) is 1. The molecule has 4 heteroatoms. The minimum Gasteiger partial charge on any atom is -0.454 e. The molecule has 1 heterocycles. The normalized spacial score (nSPS) is 14.9. The number of hydrogen-bond acceptors (Lipinski definition) is 4. The van der Waals surface area contributed by atoms with Crippen molar-refractivity contribution in [2.75, 3.05) is 19.9 Å². The van der Waals surface area contributed by atoms with Crippen molar-refractivity contribution in [3.63, 3.8) is 0 Å². The van der Waals surface area contributed by atoms with Crippen LogP contribution in [0.15, 0.2) is 18.2 Å². The highest BCUT2D eigenvalue weighted by molar-refractivity contribution is 5.44. The van der Waals surface area contributed by atoms with E-state index in [1.54, 1.807) is 0 Å². The van der Waals surface area contributed by atoms with Gasteiger partial charge in [-0.2, -0.15) is 0 Å². The molecule has 1 aromatic rings. The quantitative estimate of drug-likeness (QED) is 0.785. The Morgan fingerprint density at radius 2 is 2.18 bits per heavy atom. The number of fused-ring (bicyclic) bond motifs is 1. The van der Waals surface area contributed by atoms with Gasteiger partial charge in [0.25, 0.3) is 0 Å². The molecule has 0 saturated carbocycles. The molecule has 3 N–H and O–H groups in total. The third kappa shape index (κ3) is 3.35. The smallest absolute Gasteiger partial charge is 0.231 e. The molecule has 1 unspecified atom stereocenters. The topological polar surface area (TPSA) is 56.5 Å². The Morgan fingerprint density at radius 1 is 1.35 bits per heavy atom. The van der Waals surface area contributed by atoms with Crippen LogP contribution < -0.4 is 20.5 Å². The third-order valence-electron chi connectivity index (χ3n) is 2.92. The predicted molar refractivity (Wildman–Crippen MR) is 67.1 cm³/mol. The predicted octanol–water partition coefficient (Wildman–Crippen LogP) is 1.49. The molecule has 1 atom stereocenters. The monoisotopic (exact) mass is 236 g/mol. The fourth-order valence-electron chi connectivity index (χ4n) is 1.90. The van der Waals surface area contributed by atoms with Crippen molar-refractivity contribution < 1.29 is 9.47 Å². The van der Waals surface area contributed by atoms with Crippen LogP contribution >= 0.6 is 0 Å². The average molecular weight is 236 g/mol. The molecule has 1 aliphatic heterocycles. The van der Waals surface area contributed by atoms with Crippen LogP contribution in [0.4, 0.5) is 0 Å². The molecule has 0 amide bonds. The zero-order valence-electron chi connectivity index (χ0n) is 10.2. The maximum atomic E-state index is 5.52. The molecular formula is C13H20N2O2. The Morgan fingerprint density at radius 3 is 3.00 bits per heavy atom. The van der Waals surface area contributed by atoms with Crippen LogP contribution in [0.3, 0.4) is 0 Å². The maximum Gasteiger partial charge on any atom is 0.231 e. The second kappa shape index (κ2) is 5.89. The number of rotatable bonds is 6. The Balaban J connectivity index is 1.79. The highest BCUT2D eigenvalue weighted by atomic mass is 16.7. The summed E-state index contributed by atoms with van der Waals surface area (Å²) in [5, 5.41) is 3.43. The fourth-order valence-corrected chi connectivity index (χ4v) is 1.90. The van der Waals surface area contributed by atoms with Gasteiger partial charge in [0.15, 0.2) is 11.5 Å². The summed E-state index contributed by atoms with van der Waals surface area (Å²) in [4.78, 5) is 0. The van der Waals surface area contributed by atoms with Crippen LogP contribution in [0.2, 0.25) is 0 Å². The summed E-state index contributed by atoms with van der Waals surface area (Å²) in [5.41, 5.74) is 6.73. The van der Waals surface area contributed by atoms with Gasteiger partial charge < -0.3 is 20.5 Å². The Labute approximate surface area is 102 Å². The molecule has 0 fully saturated rings. The van der Waals surface area contributed by atoms with E-state index in [4.69, 9.17) is 15.2 Å². The summed E-state index contributed by atoms with van der Waals surface area (Å²) in [7, 11) is 0. The molecule has 0 spiro atoms. The van der Waals surface area contributed by atoms with Crippen LogP contribution in [0, 0.1) is 5.92 Å². The molecule has 0 radical (unpaired) electrons. The highest BCUT2D eigenvalue weighted by Crippen LogP contribution is 2.32. The SMILES string of the molecule is CC(CCN)CNCc1ccc2c(c1)OCO2. The lowest BCUT2D eigenvalue weighted by molar-refractivity contribution is 0.174. The lowest BCUT2D eigenvalue weighted by Crippen LogP contribution is -2.22. The first kappa shape index (κ1) is 12.2. The molecule has 0 saturated heterocycles. The Bertz CT molecular complexity index is 368. The van der Waals surface area contributed by atoms with E-state index in [0.29, 0.717) is 12.7 Å². The molecule has 4 nitrogen and oxygen atoms in total. The lowest BCUT2D eigenvalue weighted by Gasteiger charge is -2.11. The summed E-state index contributed by atoms with van der Waals surface area (Å²) in [5.74, 6) is 2.30. The van der Waals surface area contributed by atoms with E-state index >= 15 is 0 Å². The standard InChI is InChI=1S/C13H20N2O2/c1-10(4-5-14)7-15-8-11-2-3-12-13(6-11)17-9-16-12/h2-3,6,10,15H,4-5,7-9,14H2,1H3. The van der Waals surface area contributed by atoms with Crippen LogP contribution in [-0.2, 0) is 6.54 Å². The molecule has 2 rings (SSSR count). The molecule has 0 aromatic heterocycles. The van der Waals surface area contributed by atoms with Gasteiger partial charge in [-0.15, -0.1) is 0 Å². The first-order valence-corrected chi connectivity index (χ1v) is 6.09. The van der Waals surface area contributed by atoms with Crippen LogP contribution in [0.5, 0.6) is 11.5 Å².